The number of likely N-dealkylation sites (tertiary alicyclic amines) is 1. The van der Waals surface area contributed by atoms with Crippen LogP contribution in [-0.2, 0) is 11.0 Å². The van der Waals surface area contributed by atoms with Crippen molar-refractivity contribution in [1.82, 2.24) is 4.90 Å². The van der Waals surface area contributed by atoms with Gasteiger partial charge in [-0.1, -0.05) is 106 Å². The van der Waals surface area contributed by atoms with E-state index >= 15 is 0 Å². The summed E-state index contributed by atoms with van der Waals surface area (Å²) in [7, 11) is 0. The molecule has 1 aliphatic heterocycles. The third-order valence-corrected chi connectivity index (χ3v) is 8.13. The number of aliphatic hydroxyl groups is 1. The van der Waals surface area contributed by atoms with Gasteiger partial charge >= 0.3 is 0 Å². The Morgan fingerprint density at radius 1 is 0.829 bits per heavy atom. The Balaban J connectivity index is 1.37. The zero-order valence-corrected chi connectivity index (χ0v) is 21.4. The minimum Gasteiger partial charge on any atom is -0.380 e. The van der Waals surface area contributed by atoms with Crippen LogP contribution in [0.5, 0.6) is 0 Å². The molecule has 0 radical (unpaired) electrons. The van der Waals surface area contributed by atoms with Gasteiger partial charge in [-0.05, 0) is 60.4 Å². The minimum absolute atomic E-state index is 0.132. The first-order valence-corrected chi connectivity index (χ1v) is 13.0. The standard InChI is InChI=1S/C32H39NO2/c1-4-31(2,3)26-17-15-25(16-18-26)30(34)21-24-33-22-19-29(20-23-33)32(35,27-11-7-5-8-12-27)28-13-9-6-10-14-28/h5-18,29,35H,4,19-24H2,1-3H3. The van der Waals surface area contributed by atoms with Gasteiger partial charge in [-0.25, -0.2) is 0 Å². The fourth-order valence-electron chi connectivity index (χ4n) is 5.31. The third kappa shape index (κ3) is 5.58. The van der Waals surface area contributed by atoms with E-state index in [4.69, 9.17) is 0 Å². The molecule has 3 aromatic carbocycles. The van der Waals surface area contributed by atoms with Gasteiger partial charge in [-0.15, -0.1) is 0 Å². The first kappa shape index (κ1) is 25.3. The number of hydrogen-bond donors (Lipinski definition) is 1. The van der Waals surface area contributed by atoms with Crippen LogP contribution < -0.4 is 0 Å². The van der Waals surface area contributed by atoms with Gasteiger partial charge in [0.25, 0.3) is 0 Å². The van der Waals surface area contributed by atoms with Crippen LogP contribution in [-0.4, -0.2) is 35.4 Å². The molecule has 0 saturated carbocycles. The summed E-state index contributed by atoms with van der Waals surface area (Å²) in [5, 5.41) is 12.1. The molecule has 3 heteroatoms. The van der Waals surface area contributed by atoms with Crippen LogP contribution in [0, 0.1) is 5.92 Å². The maximum absolute atomic E-state index is 12.8. The Labute approximate surface area is 210 Å². The van der Waals surface area contributed by atoms with Crippen LogP contribution >= 0.6 is 0 Å². The predicted molar refractivity (Wildman–Crippen MR) is 144 cm³/mol. The number of hydrogen-bond acceptors (Lipinski definition) is 3. The first-order chi connectivity index (χ1) is 16.8. The molecule has 1 N–H and O–H groups in total. The van der Waals surface area contributed by atoms with Crippen molar-refractivity contribution in [2.24, 2.45) is 5.92 Å². The number of ketones is 1. The van der Waals surface area contributed by atoms with E-state index in [1.165, 1.54) is 5.56 Å². The lowest BCUT2D eigenvalue weighted by Gasteiger charge is -2.42. The van der Waals surface area contributed by atoms with Gasteiger partial charge in [0.1, 0.15) is 5.60 Å². The zero-order valence-electron chi connectivity index (χ0n) is 21.4. The molecule has 35 heavy (non-hydrogen) atoms. The number of nitrogens with zero attached hydrogens (tertiary/aromatic N) is 1. The molecule has 1 heterocycles. The highest BCUT2D eigenvalue weighted by atomic mass is 16.3. The zero-order chi connectivity index (χ0) is 24.9. The Morgan fingerprint density at radius 3 is 1.83 bits per heavy atom. The Morgan fingerprint density at radius 2 is 1.34 bits per heavy atom. The van der Waals surface area contributed by atoms with Gasteiger partial charge in [0.15, 0.2) is 5.78 Å². The molecular weight excluding hydrogens is 430 g/mol. The normalized spacial score (nSPS) is 15.8. The highest BCUT2D eigenvalue weighted by Gasteiger charge is 2.41. The van der Waals surface area contributed by atoms with Crippen molar-refractivity contribution in [3.05, 3.63) is 107 Å². The SMILES string of the molecule is CCC(C)(C)c1ccc(C(=O)CCN2CCC(C(O)(c3ccccc3)c3ccccc3)CC2)cc1. The summed E-state index contributed by atoms with van der Waals surface area (Å²) in [6, 6.07) is 28.3. The predicted octanol–water partition coefficient (Wildman–Crippen LogP) is 6.60. The summed E-state index contributed by atoms with van der Waals surface area (Å²) in [5.41, 5.74) is 3.12. The minimum atomic E-state index is -1.00. The van der Waals surface area contributed by atoms with Crippen LogP contribution in [0.3, 0.4) is 0 Å². The molecule has 0 aliphatic carbocycles. The molecular formula is C32H39NO2. The fourth-order valence-corrected chi connectivity index (χ4v) is 5.31. The van der Waals surface area contributed by atoms with Gasteiger partial charge in [-0.2, -0.15) is 0 Å². The molecule has 0 aromatic heterocycles. The van der Waals surface area contributed by atoms with Crippen molar-refractivity contribution in [3.63, 3.8) is 0 Å². The monoisotopic (exact) mass is 469 g/mol. The highest BCUT2D eigenvalue weighted by molar-refractivity contribution is 5.96. The van der Waals surface area contributed by atoms with E-state index in [1.54, 1.807) is 0 Å². The van der Waals surface area contributed by atoms with E-state index < -0.39 is 5.60 Å². The molecule has 0 bridgehead atoms. The van der Waals surface area contributed by atoms with Gasteiger partial charge in [-0.3, -0.25) is 4.79 Å². The summed E-state index contributed by atoms with van der Waals surface area (Å²) in [5.74, 6) is 0.340. The smallest absolute Gasteiger partial charge is 0.164 e. The molecule has 0 unspecified atom stereocenters. The molecule has 0 spiro atoms. The Bertz CT molecular complexity index is 1040. The lowest BCUT2D eigenvalue weighted by Crippen LogP contribution is -2.44. The van der Waals surface area contributed by atoms with Crippen LogP contribution in [0.2, 0.25) is 0 Å². The van der Waals surface area contributed by atoms with E-state index in [0.717, 1.165) is 55.6 Å². The van der Waals surface area contributed by atoms with E-state index in [2.05, 4.69) is 37.8 Å². The first-order valence-electron chi connectivity index (χ1n) is 13.0. The number of carbonyl (C=O) groups excluding carboxylic acids is 1. The summed E-state index contributed by atoms with van der Waals surface area (Å²) in [6.45, 7) is 9.23. The molecule has 4 rings (SSSR count). The van der Waals surface area contributed by atoms with E-state index in [9.17, 15) is 9.90 Å². The second kappa shape index (κ2) is 10.9. The number of carbonyl (C=O) groups is 1. The van der Waals surface area contributed by atoms with Crippen LogP contribution in [0.15, 0.2) is 84.9 Å². The number of rotatable bonds is 9. The number of benzene rings is 3. The Kier molecular flexibility index (Phi) is 7.88. The molecule has 1 aliphatic rings. The van der Waals surface area contributed by atoms with Gasteiger partial charge in [0.05, 0.1) is 0 Å². The van der Waals surface area contributed by atoms with Crippen molar-refractivity contribution in [2.45, 2.75) is 57.5 Å². The second-order valence-corrected chi connectivity index (χ2v) is 10.6. The second-order valence-electron chi connectivity index (χ2n) is 10.6. The highest BCUT2D eigenvalue weighted by Crippen LogP contribution is 2.41. The topological polar surface area (TPSA) is 40.5 Å². The lowest BCUT2D eigenvalue weighted by atomic mass is 9.72. The summed E-state index contributed by atoms with van der Waals surface area (Å²) >= 11 is 0. The maximum Gasteiger partial charge on any atom is 0.164 e. The van der Waals surface area contributed by atoms with E-state index in [0.29, 0.717) is 6.42 Å². The lowest BCUT2D eigenvalue weighted by molar-refractivity contribution is -0.0141. The summed E-state index contributed by atoms with van der Waals surface area (Å²) in [6.07, 6.45) is 3.40. The maximum atomic E-state index is 12.8. The number of Topliss-reactive ketones (excluding diaryl/α,β-unsaturated/α-hetero) is 1. The van der Waals surface area contributed by atoms with E-state index in [1.807, 2.05) is 72.8 Å². The van der Waals surface area contributed by atoms with Crippen molar-refractivity contribution in [1.29, 1.82) is 0 Å². The van der Waals surface area contributed by atoms with Gasteiger partial charge in [0, 0.05) is 18.5 Å². The Hall–Kier alpha value is -2.75. The summed E-state index contributed by atoms with van der Waals surface area (Å²) in [4.78, 5) is 15.2. The fraction of sp³-hybridized carbons (Fsp3) is 0.406. The molecule has 3 nitrogen and oxygen atoms in total. The van der Waals surface area contributed by atoms with Crippen LogP contribution in [0.1, 0.15) is 73.5 Å². The quantitative estimate of drug-likeness (QED) is 0.359. The van der Waals surface area contributed by atoms with Crippen LogP contribution in [0.4, 0.5) is 0 Å². The molecule has 1 saturated heterocycles. The molecule has 0 atom stereocenters. The largest absolute Gasteiger partial charge is 0.380 e. The van der Waals surface area contributed by atoms with Crippen LogP contribution in [0.25, 0.3) is 0 Å². The van der Waals surface area contributed by atoms with Crippen molar-refractivity contribution >= 4 is 5.78 Å². The average molecular weight is 470 g/mol. The summed E-state index contributed by atoms with van der Waals surface area (Å²) < 4.78 is 0. The molecule has 0 amide bonds. The molecule has 3 aromatic rings. The van der Waals surface area contributed by atoms with Gasteiger partial charge in [0.2, 0.25) is 0 Å². The number of piperidine rings is 1. The van der Waals surface area contributed by atoms with E-state index in [-0.39, 0.29) is 17.1 Å². The van der Waals surface area contributed by atoms with Crippen molar-refractivity contribution < 1.29 is 9.90 Å². The molecule has 1 fully saturated rings. The van der Waals surface area contributed by atoms with Crippen molar-refractivity contribution in [2.75, 3.05) is 19.6 Å². The molecule has 184 valence electrons. The average Bonchev–Trinajstić information content (AvgIpc) is 2.92. The third-order valence-electron chi connectivity index (χ3n) is 8.13. The van der Waals surface area contributed by atoms with Gasteiger partial charge < -0.3 is 10.0 Å². The van der Waals surface area contributed by atoms with Crippen molar-refractivity contribution in [3.8, 4) is 0 Å².